The zero-order chi connectivity index (χ0) is 30.1. The van der Waals surface area contributed by atoms with Crippen molar-refractivity contribution >= 4 is 24.5 Å². The van der Waals surface area contributed by atoms with Gasteiger partial charge in [0.05, 0.1) is 25.1 Å². The highest BCUT2D eigenvalue weighted by molar-refractivity contribution is 7.62. The van der Waals surface area contributed by atoms with Gasteiger partial charge in [0, 0.05) is 11.3 Å². The van der Waals surface area contributed by atoms with Crippen LogP contribution in [0.1, 0.15) is 73.4 Å². The molecule has 7 heteroatoms. The Kier molecular flexibility index (Phi) is 10.5. The van der Waals surface area contributed by atoms with Crippen molar-refractivity contribution in [2.75, 3.05) is 18.1 Å². The van der Waals surface area contributed by atoms with E-state index in [4.69, 9.17) is 13.8 Å². The molecule has 1 saturated carbocycles. The molecule has 0 unspecified atom stereocenters. The molecule has 0 spiro atoms. The fourth-order valence-electron chi connectivity index (χ4n) is 5.58. The number of carbonyl (C=O) groups is 1. The van der Waals surface area contributed by atoms with Gasteiger partial charge in [-0.15, -0.1) is 0 Å². The summed E-state index contributed by atoms with van der Waals surface area (Å²) in [6.45, 7) is 4.50. The van der Waals surface area contributed by atoms with Gasteiger partial charge in [-0.05, 0) is 104 Å². The number of rotatable bonds is 12. The van der Waals surface area contributed by atoms with Crippen LogP contribution in [0.2, 0.25) is 0 Å². The lowest BCUT2D eigenvalue weighted by Gasteiger charge is -2.25. The predicted molar refractivity (Wildman–Crippen MR) is 173 cm³/mol. The third-order valence-corrected chi connectivity index (χ3v) is 9.92. The molecule has 43 heavy (non-hydrogen) atoms. The van der Waals surface area contributed by atoms with E-state index < -0.39 is 7.60 Å². The first-order valence-corrected chi connectivity index (χ1v) is 16.8. The predicted octanol–water partition coefficient (Wildman–Crippen LogP) is 9.27. The van der Waals surface area contributed by atoms with Gasteiger partial charge in [0.25, 0.3) is 5.91 Å². The molecule has 1 fully saturated rings. The van der Waals surface area contributed by atoms with E-state index in [-0.39, 0.29) is 19.1 Å². The van der Waals surface area contributed by atoms with Crippen molar-refractivity contribution in [1.82, 2.24) is 0 Å². The van der Waals surface area contributed by atoms with Crippen molar-refractivity contribution in [3.63, 3.8) is 0 Å². The maximum atomic E-state index is 14.0. The van der Waals surface area contributed by atoms with E-state index in [2.05, 4.69) is 24.3 Å². The zero-order valence-electron chi connectivity index (χ0n) is 25.0. The van der Waals surface area contributed by atoms with Crippen LogP contribution in [0.4, 0.5) is 5.69 Å². The van der Waals surface area contributed by atoms with Crippen LogP contribution in [0.3, 0.4) is 0 Å². The zero-order valence-corrected chi connectivity index (χ0v) is 25.9. The van der Waals surface area contributed by atoms with Crippen LogP contribution in [0.15, 0.2) is 103 Å². The van der Waals surface area contributed by atoms with Gasteiger partial charge in [-0.1, -0.05) is 61.7 Å². The summed E-state index contributed by atoms with van der Waals surface area (Å²) < 4.78 is 30.3. The van der Waals surface area contributed by atoms with Crippen molar-refractivity contribution in [2.45, 2.75) is 58.4 Å². The quantitative estimate of drug-likeness (QED) is 0.152. The van der Waals surface area contributed by atoms with Crippen molar-refractivity contribution in [2.24, 2.45) is 0 Å². The first-order valence-electron chi connectivity index (χ1n) is 15.2. The fourth-order valence-corrected chi connectivity index (χ4v) is 7.15. The molecule has 5 rings (SSSR count). The highest BCUT2D eigenvalue weighted by Gasteiger charge is 2.27. The maximum Gasteiger partial charge on any atom is 0.361 e. The molecule has 0 saturated heterocycles. The average molecular weight is 598 g/mol. The van der Waals surface area contributed by atoms with Crippen molar-refractivity contribution in [3.05, 3.63) is 120 Å². The lowest BCUT2D eigenvalue weighted by atomic mass is 9.84. The van der Waals surface area contributed by atoms with E-state index in [1.807, 2.05) is 30.3 Å². The number of hydrogen-bond acceptors (Lipinski definition) is 5. The largest absolute Gasteiger partial charge is 0.457 e. The van der Waals surface area contributed by atoms with Gasteiger partial charge in [-0.25, -0.2) is 0 Å². The molecule has 0 bridgehead atoms. The van der Waals surface area contributed by atoms with E-state index in [0.717, 1.165) is 11.3 Å². The Hall–Kier alpha value is -3.70. The molecule has 0 aromatic heterocycles. The van der Waals surface area contributed by atoms with E-state index in [1.54, 1.807) is 67.3 Å². The van der Waals surface area contributed by atoms with E-state index in [0.29, 0.717) is 34.8 Å². The number of ether oxygens (including phenoxy) is 1. The van der Waals surface area contributed by atoms with Crippen LogP contribution in [0, 0.1) is 0 Å². The number of nitrogens with zero attached hydrogens (tertiary/aromatic N) is 1. The van der Waals surface area contributed by atoms with E-state index in [9.17, 15) is 9.36 Å². The highest BCUT2D eigenvalue weighted by atomic mass is 31.2. The molecule has 0 atom stereocenters. The summed E-state index contributed by atoms with van der Waals surface area (Å²) in [5, 5.41) is 0.464. The number of para-hydroxylation sites is 1. The van der Waals surface area contributed by atoms with Gasteiger partial charge in [0.2, 0.25) is 0 Å². The molecular weight excluding hydrogens is 557 g/mol. The standard InChI is InChI=1S/C36H40NO5P/c1-3-40-43(39,41-4-2)35-25-21-32(22-26-35)37(27-28-15-17-30(18-16-28)29-11-7-5-8-12-29)36(38)31-19-23-34(24-20-31)42-33-13-9-6-10-14-33/h6,9-10,13-26,29H,3-5,7-8,11-12,27H2,1-2H3. The van der Waals surface area contributed by atoms with Crippen LogP contribution >= 0.6 is 7.60 Å². The number of hydrogen-bond donors (Lipinski definition) is 0. The summed E-state index contributed by atoms with van der Waals surface area (Å²) in [5.74, 6) is 1.86. The lowest BCUT2D eigenvalue weighted by Crippen LogP contribution is -2.30. The minimum atomic E-state index is -3.44. The van der Waals surface area contributed by atoms with Crippen LogP contribution < -0.4 is 14.9 Å². The van der Waals surface area contributed by atoms with Gasteiger partial charge >= 0.3 is 7.60 Å². The first-order chi connectivity index (χ1) is 21.0. The van der Waals surface area contributed by atoms with Crippen molar-refractivity contribution in [3.8, 4) is 11.5 Å². The molecule has 6 nitrogen and oxygen atoms in total. The molecule has 0 aliphatic heterocycles. The Bertz CT molecular complexity index is 1490. The summed E-state index contributed by atoms with van der Waals surface area (Å²) in [7, 11) is -3.44. The van der Waals surface area contributed by atoms with Gasteiger partial charge < -0.3 is 18.7 Å². The van der Waals surface area contributed by atoms with E-state index in [1.165, 1.54) is 37.7 Å². The summed E-state index contributed by atoms with van der Waals surface area (Å²) >= 11 is 0. The van der Waals surface area contributed by atoms with Crippen molar-refractivity contribution < 1.29 is 23.1 Å². The molecule has 4 aromatic rings. The van der Waals surface area contributed by atoms with Gasteiger partial charge in [-0.2, -0.15) is 0 Å². The third kappa shape index (κ3) is 7.83. The summed E-state index contributed by atoms with van der Waals surface area (Å²) in [6.07, 6.45) is 6.40. The SMILES string of the molecule is CCOP(=O)(OCC)c1ccc(N(Cc2ccc(C3CCCCC3)cc2)C(=O)c2ccc(Oc3ccccc3)cc2)cc1. The fraction of sp³-hybridized carbons (Fsp3) is 0.306. The van der Waals surface area contributed by atoms with Crippen LogP contribution in [0.25, 0.3) is 0 Å². The number of carbonyl (C=O) groups excluding carboxylic acids is 1. The Morgan fingerprint density at radius 2 is 1.35 bits per heavy atom. The Labute approximate surface area is 255 Å². The molecular formula is C36H40NO5P. The average Bonchev–Trinajstić information content (AvgIpc) is 3.05. The lowest BCUT2D eigenvalue weighted by molar-refractivity contribution is 0.0985. The van der Waals surface area contributed by atoms with Crippen LogP contribution in [0.5, 0.6) is 11.5 Å². The molecule has 1 aliphatic carbocycles. The molecule has 0 radical (unpaired) electrons. The highest BCUT2D eigenvalue weighted by Crippen LogP contribution is 2.47. The smallest absolute Gasteiger partial charge is 0.361 e. The van der Waals surface area contributed by atoms with Crippen molar-refractivity contribution in [1.29, 1.82) is 0 Å². The molecule has 0 N–H and O–H groups in total. The molecule has 4 aromatic carbocycles. The van der Waals surface area contributed by atoms with Crippen LogP contribution in [-0.4, -0.2) is 19.1 Å². The minimum Gasteiger partial charge on any atom is -0.457 e. The second-order valence-electron chi connectivity index (χ2n) is 10.8. The molecule has 1 aliphatic rings. The van der Waals surface area contributed by atoms with E-state index >= 15 is 0 Å². The van der Waals surface area contributed by atoms with Crippen LogP contribution in [-0.2, 0) is 20.2 Å². The maximum absolute atomic E-state index is 14.0. The monoisotopic (exact) mass is 597 g/mol. The molecule has 1 amide bonds. The number of benzene rings is 4. The minimum absolute atomic E-state index is 0.145. The van der Waals surface area contributed by atoms with Gasteiger partial charge in [-0.3, -0.25) is 9.36 Å². The van der Waals surface area contributed by atoms with Gasteiger partial charge in [0.1, 0.15) is 11.5 Å². The number of anilines is 1. The number of amides is 1. The second kappa shape index (κ2) is 14.7. The second-order valence-corrected chi connectivity index (χ2v) is 12.8. The molecule has 0 heterocycles. The topological polar surface area (TPSA) is 65.1 Å². The first kappa shape index (κ1) is 30.7. The third-order valence-electron chi connectivity index (χ3n) is 7.80. The molecule has 224 valence electrons. The normalized spacial score (nSPS) is 13.9. The Morgan fingerprint density at radius 3 is 1.95 bits per heavy atom. The van der Waals surface area contributed by atoms with Gasteiger partial charge in [0.15, 0.2) is 0 Å². The Balaban J connectivity index is 1.41. The summed E-state index contributed by atoms with van der Waals surface area (Å²) in [5.41, 5.74) is 3.64. The Morgan fingerprint density at radius 1 is 0.744 bits per heavy atom. The summed E-state index contributed by atoms with van der Waals surface area (Å²) in [4.78, 5) is 15.8. The summed E-state index contributed by atoms with van der Waals surface area (Å²) in [6, 6.07) is 32.5.